The number of ether oxygens (including phenoxy) is 1. The minimum Gasteiger partial charge on any atom is -0.367 e. The molecule has 0 spiro atoms. The second-order valence-electron chi connectivity index (χ2n) is 7.75. The number of unbranched alkanes of at least 4 members (excludes halogenated alkanes) is 1. The first-order valence-electron chi connectivity index (χ1n) is 10.3. The molecule has 0 aliphatic rings. The van der Waals surface area contributed by atoms with E-state index in [4.69, 9.17) is 4.74 Å². The first-order chi connectivity index (χ1) is 15.2. The van der Waals surface area contributed by atoms with Gasteiger partial charge in [0.2, 0.25) is 0 Å². The van der Waals surface area contributed by atoms with Crippen molar-refractivity contribution in [3.05, 3.63) is 70.8 Å². The zero-order valence-corrected chi connectivity index (χ0v) is 19.3. The van der Waals surface area contributed by atoms with Crippen molar-refractivity contribution in [2.24, 2.45) is 4.40 Å². The average molecular weight is 496 g/mol. The van der Waals surface area contributed by atoms with Crippen molar-refractivity contribution in [3.63, 3.8) is 0 Å². The fourth-order valence-corrected chi connectivity index (χ4v) is 4.57. The first-order valence-corrected chi connectivity index (χ1v) is 12.4. The molecule has 2 aromatic rings. The van der Waals surface area contributed by atoms with Gasteiger partial charge in [0.05, 0.1) is 29.5 Å². The Hall–Kier alpha value is -2.04. The van der Waals surface area contributed by atoms with Gasteiger partial charge in [-0.2, -0.15) is 26.3 Å². The van der Waals surface area contributed by atoms with Crippen LogP contribution in [0.15, 0.2) is 52.9 Å². The van der Waals surface area contributed by atoms with Gasteiger partial charge < -0.3 is 9.29 Å². The van der Waals surface area contributed by atoms with Crippen LogP contribution in [0.3, 0.4) is 0 Å². The standard InChI is InChI=1S/C23H27F6NO2S/c1-4-5-11-33(3,31)30-21(17-9-7-6-8-10-17)15-32-16(2)18-12-19(22(24,25)26)14-20(13-18)23(27,28)29/h6-10,12-14,16,31H,4-5,11,15H2,1-3H3. The van der Waals surface area contributed by atoms with Gasteiger partial charge in [-0.3, -0.25) is 0 Å². The molecule has 3 nitrogen and oxygen atoms in total. The van der Waals surface area contributed by atoms with Gasteiger partial charge in [0.15, 0.2) is 0 Å². The lowest BCUT2D eigenvalue weighted by atomic mass is 10.0. The van der Waals surface area contributed by atoms with Crippen molar-refractivity contribution >= 4 is 16.2 Å². The maximum atomic E-state index is 13.2. The summed E-state index contributed by atoms with van der Waals surface area (Å²) < 4.78 is 99.9. The molecule has 2 rings (SSSR count). The normalized spacial score (nSPS) is 16.8. The van der Waals surface area contributed by atoms with Gasteiger partial charge in [-0.25, -0.2) is 4.40 Å². The lowest BCUT2D eigenvalue weighted by molar-refractivity contribution is -0.143. The molecule has 0 aliphatic heterocycles. The van der Waals surface area contributed by atoms with Gasteiger partial charge in [-0.1, -0.05) is 43.7 Å². The minimum atomic E-state index is -4.94. The fourth-order valence-electron chi connectivity index (χ4n) is 3.01. The van der Waals surface area contributed by atoms with Crippen molar-refractivity contribution < 1.29 is 35.6 Å². The van der Waals surface area contributed by atoms with Gasteiger partial charge in [0.25, 0.3) is 0 Å². The summed E-state index contributed by atoms with van der Waals surface area (Å²) in [6, 6.07) is 10.2. The van der Waals surface area contributed by atoms with E-state index in [9.17, 15) is 30.9 Å². The van der Waals surface area contributed by atoms with Crippen LogP contribution in [0.25, 0.3) is 0 Å². The topological polar surface area (TPSA) is 41.8 Å². The van der Waals surface area contributed by atoms with E-state index in [1.165, 1.54) is 6.92 Å². The molecule has 33 heavy (non-hydrogen) atoms. The molecular weight excluding hydrogens is 468 g/mol. The van der Waals surface area contributed by atoms with E-state index >= 15 is 0 Å². The third kappa shape index (κ3) is 8.35. The molecule has 0 aromatic heterocycles. The molecule has 0 aliphatic carbocycles. The molecule has 2 atom stereocenters. The van der Waals surface area contributed by atoms with Crippen molar-refractivity contribution in [3.8, 4) is 0 Å². The Bertz CT molecular complexity index is 910. The summed E-state index contributed by atoms with van der Waals surface area (Å²) in [6.07, 6.45) is -7.71. The average Bonchev–Trinajstić information content (AvgIpc) is 2.74. The molecule has 0 bridgehead atoms. The van der Waals surface area contributed by atoms with E-state index < -0.39 is 40.1 Å². The monoisotopic (exact) mass is 495 g/mol. The van der Waals surface area contributed by atoms with E-state index in [-0.39, 0.29) is 18.2 Å². The minimum absolute atomic E-state index is 0.0847. The Morgan fingerprint density at radius 2 is 1.55 bits per heavy atom. The van der Waals surface area contributed by atoms with Gasteiger partial charge in [-0.05, 0) is 53.2 Å². The summed E-state index contributed by atoms with van der Waals surface area (Å²) in [5.74, 6) is 0.470. The van der Waals surface area contributed by atoms with E-state index in [1.54, 1.807) is 36.6 Å². The van der Waals surface area contributed by atoms with Crippen LogP contribution < -0.4 is 0 Å². The number of hydrogen-bond acceptors (Lipinski definition) is 3. The van der Waals surface area contributed by atoms with Crippen LogP contribution >= 0.6 is 10.5 Å². The van der Waals surface area contributed by atoms with Crippen molar-refractivity contribution in [2.45, 2.75) is 45.1 Å². The number of hydrogen-bond donors (Lipinski definition) is 1. The predicted molar refractivity (Wildman–Crippen MR) is 120 cm³/mol. The molecule has 0 radical (unpaired) electrons. The number of alkyl halides is 6. The first kappa shape index (κ1) is 27.2. The molecule has 0 saturated carbocycles. The molecule has 184 valence electrons. The van der Waals surface area contributed by atoms with Crippen molar-refractivity contribution in [1.29, 1.82) is 0 Å². The SMILES string of the molecule is CCCCS(C)(O)N=C(COC(C)c1cc(C(F)(F)F)cc(C(F)(F)F)c1)c1ccccc1. The zero-order valence-electron chi connectivity index (χ0n) is 18.5. The van der Waals surface area contributed by atoms with Gasteiger partial charge in [0, 0.05) is 12.0 Å². The smallest absolute Gasteiger partial charge is 0.367 e. The highest BCUT2D eigenvalue weighted by Gasteiger charge is 2.37. The highest BCUT2D eigenvalue weighted by molar-refractivity contribution is 8.27. The lowest BCUT2D eigenvalue weighted by Crippen LogP contribution is -2.17. The van der Waals surface area contributed by atoms with Crippen LogP contribution in [0.4, 0.5) is 26.3 Å². The van der Waals surface area contributed by atoms with E-state index in [0.29, 0.717) is 29.2 Å². The summed E-state index contributed by atoms with van der Waals surface area (Å²) >= 11 is 0. The Balaban J connectivity index is 2.34. The molecule has 0 heterocycles. The number of nitrogens with zero attached hydrogens (tertiary/aromatic N) is 1. The summed E-state index contributed by atoms with van der Waals surface area (Å²) in [5.41, 5.74) is -2.02. The van der Waals surface area contributed by atoms with Crippen LogP contribution in [0.5, 0.6) is 0 Å². The molecule has 1 N–H and O–H groups in total. The molecule has 2 unspecified atom stereocenters. The van der Waals surface area contributed by atoms with E-state index in [1.807, 2.05) is 6.92 Å². The predicted octanol–water partition coefficient (Wildman–Crippen LogP) is 7.91. The summed E-state index contributed by atoms with van der Waals surface area (Å²) in [7, 11) is -2.35. The summed E-state index contributed by atoms with van der Waals surface area (Å²) in [5, 5.41) is 0. The van der Waals surface area contributed by atoms with Crippen LogP contribution in [-0.4, -0.2) is 28.9 Å². The second-order valence-corrected chi connectivity index (χ2v) is 10.3. The fraction of sp³-hybridized carbons (Fsp3) is 0.435. The number of benzene rings is 2. The lowest BCUT2D eigenvalue weighted by Gasteiger charge is -2.26. The van der Waals surface area contributed by atoms with E-state index in [2.05, 4.69) is 4.40 Å². The van der Waals surface area contributed by atoms with Gasteiger partial charge >= 0.3 is 12.4 Å². The quantitative estimate of drug-likeness (QED) is 0.284. The molecule has 0 saturated heterocycles. The molecule has 2 aromatic carbocycles. The second kappa shape index (κ2) is 10.9. The van der Waals surface area contributed by atoms with E-state index in [0.717, 1.165) is 12.8 Å². The molecule has 10 heteroatoms. The molecular formula is C23H27F6NO2S. The maximum Gasteiger partial charge on any atom is 0.416 e. The third-order valence-electron chi connectivity index (χ3n) is 4.85. The maximum absolute atomic E-state index is 13.2. The zero-order chi connectivity index (χ0) is 24.9. The molecule has 0 amide bonds. The number of rotatable bonds is 9. The third-order valence-corrected chi connectivity index (χ3v) is 6.52. The highest BCUT2D eigenvalue weighted by atomic mass is 32.3. The Kier molecular flexibility index (Phi) is 9.01. The van der Waals surface area contributed by atoms with Gasteiger partial charge in [-0.15, -0.1) is 0 Å². The molecule has 0 fully saturated rings. The summed E-state index contributed by atoms with van der Waals surface area (Å²) in [4.78, 5) is 0. The van der Waals surface area contributed by atoms with Crippen LogP contribution in [0.1, 0.15) is 55.0 Å². The largest absolute Gasteiger partial charge is 0.416 e. The Morgan fingerprint density at radius 3 is 2.03 bits per heavy atom. The van der Waals surface area contributed by atoms with Crippen LogP contribution in [0.2, 0.25) is 0 Å². The van der Waals surface area contributed by atoms with Crippen molar-refractivity contribution in [2.75, 3.05) is 18.6 Å². The Labute approximate surface area is 191 Å². The van der Waals surface area contributed by atoms with Crippen LogP contribution in [0, 0.1) is 0 Å². The highest BCUT2D eigenvalue weighted by Crippen LogP contribution is 2.43. The number of halogens is 6. The summed E-state index contributed by atoms with van der Waals surface area (Å²) in [6.45, 7) is 3.16. The van der Waals surface area contributed by atoms with Gasteiger partial charge in [0.1, 0.15) is 0 Å². The Morgan fingerprint density at radius 1 is 1.00 bits per heavy atom. The van der Waals surface area contributed by atoms with Crippen molar-refractivity contribution in [1.82, 2.24) is 0 Å². The van der Waals surface area contributed by atoms with Crippen LogP contribution in [-0.2, 0) is 17.1 Å².